The van der Waals surface area contributed by atoms with Crippen LogP contribution >= 0.6 is 11.6 Å². The first-order chi connectivity index (χ1) is 7.20. The van der Waals surface area contributed by atoms with Gasteiger partial charge in [0.05, 0.1) is 0 Å². The molecule has 0 atom stereocenters. The number of hydrogen-bond acceptors (Lipinski definition) is 2. The van der Waals surface area contributed by atoms with E-state index in [1.165, 1.54) is 6.42 Å². The fourth-order valence-corrected chi connectivity index (χ4v) is 2.27. The van der Waals surface area contributed by atoms with E-state index < -0.39 is 5.06 Å². The first kappa shape index (κ1) is 10.6. The third-order valence-corrected chi connectivity index (χ3v) is 3.21. The maximum atomic E-state index is 9.57. The largest absolute Gasteiger partial charge is 0.504 e. The van der Waals surface area contributed by atoms with Crippen molar-refractivity contribution in [2.45, 2.75) is 37.2 Å². The van der Waals surface area contributed by atoms with Crippen molar-refractivity contribution >= 4 is 11.6 Å². The van der Waals surface area contributed by atoms with E-state index in [-0.39, 0.29) is 5.75 Å². The van der Waals surface area contributed by atoms with Gasteiger partial charge in [0.25, 0.3) is 0 Å². The van der Waals surface area contributed by atoms with Crippen molar-refractivity contribution in [1.29, 1.82) is 0 Å². The quantitative estimate of drug-likeness (QED) is 0.780. The number of rotatable bonds is 2. The molecule has 0 saturated heterocycles. The summed E-state index contributed by atoms with van der Waals surface area (Å²) in [6.07, 6.45) is 5.11. The second-order valence-electron chi connectivity index (χ2n) is 4.01. The Morgan fingerprint density at radius 1 is 1.13 bits per heavy atom. The smallest absolute Gasteiger partial charge is 0.182 e. The van der Waals surface area contributed by atoms with Crippen molar-refractivity contribution in [1.82, 2.24) is 0 Å². The van der Waals surface area contributed by atoms with Crippen LogP contribution in [0.1, 0.15) is 32.1 Å². The van der Waals surface area contributed by atoms with Crippen LogP contribution in [0.25, 0.3) is 0 Å². The van der Waals surface area contributed by atoms with Gasteiger partial charge < -0.3 is 9.84 Å². The molecule has 82 valence electrons. The monoisotopic (exact) mass is 226 g/mol. The normalized spacial score (nSPS) is 19.8. The van der Waals surface area contributed by atoms with E-state index in [2.05, 4.69) is 0 Å². The maximum absolute atomic E-state index is 9.57. The molecule has 1 fully saturated rings. The van der Waals surface area contributed by atoms with Crippen LogP contribution in [0.5, 0.6) is 11.5 Å². The van der Waals surface area contributed by atoms with Crippen LogP contribution in [0.15, 0.2) is 24.3 Å². The van der Waals surface area contributed by atoms with Crippen LogP contribution in [0.3, 0.4) is 0 Å². The molecule has 0 aliphatic heterocycles. The number of alkyl halides is 1. The van der Waals surface area contributed by atoms with E-state index in [0.717, 1.165) is 25.7 Å². The van der Waals surface area contributed by atoms with Gasteiger partial charge in [-0.1, -0.05) is 30.2 Å². The highest BCUT2D eigenvalue weighted by Gasteiger charge is 2.32. The average Bonchev–Trinajstić information content (AvgIpc) is 2.22. The Hall–Kier alpha value is -0.890. The Morgan fingerprint density at radius 3 is 2.47 bits per heavy atom. The SMILES string of the molecule is Oc1ccccc1OC1(Cl)CCCCC1. The van der Waals surface area contributed by atoms with Crippen LogP contribution in [-0.4, -0.2) is 10.2 Å². The molecule has 2 nitrogen and oxygen atoms in total. The predicted octanol–water partition coefficient (Wildman–Crippen LogP) is 3.67. The molecule has 15 heavy (non-hydrogen) atoms. The molecule has 0 spiro atoms. The van der Waals surface area contributed by atoms with Gasteiger partial charge in [-0.3, -0.25) is 0 Å². The maximum Gasteiger partial charge on any atom is 0.182 e. The Balaban J connectivity index is 2.10. The average molecular weight is 227 g/mol. The zero-order valence-electron chi connectivity index (χ0n) is 8.58. The van der Waals surface area contributed by atoms with Crippen molar-refractivity contribution < 1.29 is 9.84 Å². The van der Waals surface area contributed by atoms with Gasteiger partial charge in [0.2, 0.25) is 0 Å². The van der Waals surface area contributed by atoms with Crippen LogP contribution in [0.2, 0.25) is 0 Å². The molecule has 0 radical (unpaired) electrons. The zero-order valence-corrected chi connectivity index (χ0v) is 9.33. The lowest BCUT2D eigenvalue weighted by atomic mass is 9.97. The number of aromatic hydroxyl groups is 1. The molecule has 3 heteroatoms. The molecular formula is C12H15ClO2. The van der Waals surface area contributed by atoms with Gasteiger partial charge in [-0.25, -0.2) is 0 Å². The standard InChI is InChI=1S/C12H15ClO2/c13-12(8-4-1-5-9-12)15-11-7-3-2-6-10(11)14/h2-3,6-7,14H,1,4-5,8-9H2. The third-order valence-electron chi connectivity index (χ3n) is 2.76. The van der Waals surface area contributed by atoms with E-state index in [0.29, 0.717) is 5.75 Å². The van der Waals surface area contributed by atoms with Gasteiger partial charge in [-0.2, -0.15) is 0 Å². The summed E-state index contributed by atoms with van der Waals surface area (Å²) in [5.74, 6) is 0.637. The van der Waals surface area contributed by atoms with Gasteiger partial charge in [-0.05, 0) is 25.0 Å². The molecule has 1 saturated carbocycles. The fourth-order valence-electron chi connectivity index (χ4n) is 1.92. The topological polar surface area (TPSA) is 29.5 Å². The molecule has 0 amide bonds. The number of ether oxygens (including phenoxy) is 1. The van der Waals surface area contributed by atoms with Gasteiger partial charge in [0.1, 0.15) is 0 Å². The van der Waals surface area contributed by atoms with Crippen molar-refractivity contribution in [2.75, 3.05) is 0 Å². The van der Waals surface area contributed by atoms with Crippen molar-refractivity contribution in [2.24, 2.45) is 0 Å². The van der Waals surface area contributed by atoms with Crippen molar-refractivity contribution in [3.8, 4) is 11.5 Å². The van der Waals surface area contributed by atoms with Crippen molar-refractivity contribution in [3.05, 3.63) is 24.3 Å². The van der Waals surface area contributed by atoms with E-state index >= 15 is 0 Å². The van der Waals surface area contributed by atoms with E-state index in [4.69, 9.17) is 16.3 Å². The summed E-state index contributed by atoms with van der Waals surface area (Å²) < 4.78 is 5.69. The minimum atomic E-state index is -0.614. The number of para-hydroxylation sites is 2. The Kier molecular flexibility index (Phi) is 3.06. The van der Waals surface area contributed by atoms with E-state index in [1.54, 1.807) is 18.2 Å². The van der Waals surface area contributed by atoms with Gasteiger partial charge in [-0.15, -0.1) is 0 Å². The lowest BCUT2D eigenvalue weighted by Gasteiger charge is -2.31. The Bertz CT molecular complexity index is 332. The molecule has 1 aliphatic carbocycles. The Labute approximate surface area is 94.8 Å². The van der Waals surface area contributed by atoms with Crippen LogP contribution < -0.4 is 4.74 Å². The lowest BCUT2D eigenvalue weighted by Crippen LogP contribution is -2.31. The second kappa shape index (κ2) is 4.31. The Morgan fingerprint density at radius 2 is 1.80 bits per heavy atom. The minimum Gasteiger partial charge on any atom is -0.504 e. The van der Waals surface area contributed by atoms with E-state index in [1.807, 2.05) is 6.07 Å². The molecule has 0 unspecified atom stereocenters. The highest BCUT2D eigenvalue weighted by Crippen LogP contribution is 2.38. The molecule has 1 aliphatic rings. The summed E-state index contributed by atoms with van der Waals surface area (Å²) in [6.45, 7) is 0. The molecule has 1 aromatic carbocycles. The van der Waals surface area contributed by atoms with Crippen LogP contribution in [0.4, 0.5) is 0 Å². The molecule has 1 N–H and O–H groups in total. The summed E-state index contributed by atoms with van der Waals surface area (Å²) >= 11 is 6.35. The molecular weight excluding hydrogens is 212 g/mol. The van der Waals surface area contributed by atoms with Gasteiger partial charge in [0, 0.05) is 12.8 Å². The molecule has 0 heterocycles. The number of phenolic OH excluding ortho intramolecular Hbond substituents is 1. The second-order valence-corrected chi connectivity index (χ2v) is 4.70. The summed E-state index contributed by atoms with van der Waals surface area (Å²) in [5.41, 5.74) is 0. The summed E-state index contributed by atoms with van der Waals surface area (Å²) in [6, 6.07) is 6.95. The number of benzene rings is 1. The first-order valence-electron chi connectivity index (χ1n) is 5.36. The minimum absolute atomic E-state index is 0.156. The first-order valence-corrected chi connectivity index (χ1v) is 5.73. The van der Waals surface area contributed by atoms with E-state index in [9.17, 15) is 5.11 Å². The number of halogens is 1. The lowest BCUT2D eigenvalue weighted by molar-refractivity contribution is 0.108. The molecule has 0 bridgehead atoms. The molecule has 0 aromatic heterocycles. The number of phenols is 1. The fraction of sp³-hybridized carbons (Fsp3) is 0.500. The van der Waals surface area contributed by atoms with Crippen LogP contribution in [-0.2, 0) is 0 Å². The van der Waals surface area contributed by atoms with Gasteiger partial charge >= 0.3 is 0 Å². The summed E-state index contributed by atoms with van der Waals surface area (Å²) in [5, 5.41) is 8.96. The summed E-state index contributed by atoms with van der Waals surface area (Å²) in [7, 11) is 0. The highest BCUT2D eigenvalue weighted by molar-refractivity contribution is 6.23. The molecule has 2 rings (SSSR count). The highest BCUT2D eigenvalue weighted by atomic mass is 35.5. The summed E-state index contributed by atoms with van der Waals surface area (Å²) in [4.78, 5) is 0. The van der Waals surface area contributed by atoms with Gasteiger partial charge in [0.15, 0.2) is 16.6 Å². The third kappa shape index (κ3) is 2.57. The number of hydrogen-bond donors (Lipinski definition) is 1. The predicted molar refractivity (Wildman–Crippen MR) is 60.4 cm³/mol. The molecule has 1 aromatic rings. The van der Waals surface area contributed by atoms with Crippen LogP contribution in [0, 0.1) is 0 Å². The zero-order chi connectivity index (χ0) is 10.7. The van der Waals surface area contributed by atoms with Crippen molar-refractivity contribution in [3.63, 3.8) is 0 Å².